The molecule has 0 aromatic heterocycles. The molecule has 1 heterocycles. The molecule has 3 rings (SSSR count). The van der Waals surface area contributed by atoms with E-state index in [0.717, 1.165) is 10.4 Å². The lowest BCUT2D eigenvalue weighted by Gasteiger charge is -2.15. The largest absolute Gasteiger partial charge is 0.238 e. The second-order valence-electron chi connectivity index (χ2n) is 3.80. The first-order chi connectivity index (χ1) is 7.84. The molecule has 0 radical (unpaired) electrons. The SMILES string of the molecule is O=S1C=c2ccccc2=C2C=CC=CC2N1. The van der Waals surface area contributed by atoms with E-state index in [9.17, 15) is 4.21 Å². The van der Waals surface area contributed by atoms with Crippen molar-refractivity contribution in [2.75, 3.05) is 0 Å². The molecule has 1 aromatic rings. The highest BCUT2D eigenvalue weighted by atomic mass is 32.2. The molecule has 80 valence electrons. The van der Waals surface area contributed by atoms with E-state index in [1.807, 2.05) is 36.4 Å². The summed E-state index contributed by atoms with van der Waals surface area (Å²) in [5, 5.41) is 3.96. The minimum absolute atomic E-state index is 0.0470. The van der Waals surface area contributed by atoms with Crippen molar-refractivity contribution in [3.63, 3.8) is 0 Å². The first-order valence-electron chi connectivity index (χ1n) is 5.17. The second kappa shape index (κ2) is 3.85. The van der Waals surface area contributed by atoms with Crippen molar-refractivity contribution in [2.24, 2.45) is 0 Å². The van der Waals surface area contributed by atoms with Gasteiger partial charge in [-0.3, -0.25) is 0 Å². The number of hydrogen-bond donors (Lipinski definition) is 1. The predicted molar refractivity (Wildman–Crippen MR) is 66.9 cm³/mol. The molecule has 0 saturated carbocycles. The van der Waals surface area contributed by atoms with E-state index >= 15 is 0 Å². The van der Waals surface area contributed by atoms with Gasteiger partial charge in [0.05, 0.1) is 6.04 Å². The summed E-state index contributed by atoms with van der Waals surface area (Å²) in [6, 6.07) is 8.09. The monoisotopic (exact) mass is 229 g/mol. The van der Waals surface area contributed by atoms with Gasteiger partial charge in [0.25, 0.3) is 0 Å². The number of fused-ring (bicyclic) bond motifs is 2. The van der Waals surface area contributed by atoms with Crippen molar-refractivity contribution in [3.05, 3.63) is 59.0 Å². The fraction of sp³-hybridized carbons (Fsp3) is 0.0769. The molecule has 1 aromatic carbocycles. The van der Waals surface area contributed by atoms with Gasteiger partial charge in [-0.2, -0.15) is 0 Å². The predicted octanol–water partition coefficient (Wildman–Crippen LogP) is 0.337. The van der Waals surface area contributed by atoms with Crippen molar-refractivity contribution in [2.45, 2.75) is 6.04 Å². The summed E-state index contributed by atoms with van der Waals surface area (Å²) in [6.07, 6.45) is 8.10. The summed E-state index contributed by atoms with van der Waals surface area (Å²) >= 11 is 0. The lowest BCUT2D eigenvalue weighted by molar-refractivity contribution is 0.679. The van der Waals surface area contributed by atoms with Crippen LogP contribution in [0.15, 0.2) is 48.6 Å². The lowest BCUT2D eigenvalue weighted by atomic mass is 9.99. The van der Waals surface area contributed by atoms with Crippen LogP contribution in [0, 0.1) is 0 Å². The van der Waals surface area contributed by atoms with E-state index in [-0.39, 0.29) is 6.04 Å². The van der Waals surface area contributed by atoms with Gasteiger partial charge in [0.1, 0.15) is 11.0 Å². The molecule has 0 bridgehead atoms. The summed E-state index contributed by atoms with van der Waals surface area (Å²) in [5.74, 6) is 0. The maximum Gasteiger partial charge on any atom is 0.118 e. The van der Waals surface area contributed by atoms with Gasteiger partial charge in [-0.05, 0) is 16.0 Å². The first-order valence-corrected chi connectivity index (χ1v) is 6.38. The minimum Gasteiger partial charge on any atom is -0.238 e. The summed E-state index contributed by atoms with van der Waals surface area (Å²) in [7, 11) is -1.12. The highest BCUT2D eigenvalue weighted by Crippen LogP contribution is 2.12. The zero-order valence-corrected chi connectivity index (χ0v) is 9.41. The highest BCUT2D eigenvalue weighted by molar-refractivity contribution is 7.90. The van der Waals surface area contributed by atoms with Gasteiger partial charge in [-0.15, -0.1) is 0 Å². The van der Waals surface area contributed by atoms with Gasteiger partial charge in [-0.25, -0.2) is 8.93 Å². The molecule has 0 amide bonds. The molecule has 3 heteroatoms. The van der Waals surface area contributed by atoms with E-state index in [1.54, 1.807) is 5.41 Å². The molecule has 1 N–H and O–H groups in total. The molecule has 2 unspecified atom stereocenters. The Hall–Kier alpha value is -1.45. The fourth-order valence-electron chi connectivity index (χ4n) is 2.04. The van der Waals surface area contributed by atoms with Gasteiger partial charge in [-0.1, -0.05) is 48.6 Å². The van der Waals surface area contributed by atoms with Gasteiger partial charge in [0.2, 0.25) is 0 Å². The van der Waals surface area contributed by atoms with Crippen LogP contribution >= 0.6 is 0 Å². The van der Waals surface area contributed by atoms with Crippen LogP contribution in [0.5, 0.6) is 0 Å². The molecular formula is C13H11NOS. The quantitative estimate of drug-likeness (QED) is 0.683. The molecule has 1 aliphatic heterocycles. The maximum absolute atomic E-state index is 11.8. The van der Waals surface area contributed by atoms with Crippen LogP contribution in [-0.2, 0) is 11.0 Å². The zero-order valence-electron chi connectivity index (χ0n) is 8.59. The second-order valence-corrected chi connectivity index (χ2v) is 4.86. The van der Waals surface area contributed by atoms with E-state index in [2.05, 4.69) is 16.9 Å². The number of benzene rings is 1. The van der Waals surface area contributed by atoms with Crippen LogP contribution in [0.3, 0.4) is 0 Å². The Morgan fingerprint density at radius 3 is 3.00 bits per heavy atom. The van der Waals surface area contributed by atoms with E-state index in [4.69, 9.17) is 0 Å². The van der Waals surface area contributed by atoms with Gasteiger partial charge in [0, 0.05) is 5.41 Å². The molecule has 0 saturated heterocycles. The van der Waals surface area contributed by atoms with E-state index in [0.29, 0.717) is 0 Å². The standard InChI is InChI=1S/C13H11NOS/c15-16-9-10-5-1-2-6-11(10)12-7-3-4-8-13(12)14-16/h1-9,13-14H. The molecule has 2 nitrogen and oxygen atoms in total. The van der Waals surface area contributed by atoms with Crippen molar-refractivity contribution in [3.8, 4) is 0 Å². The molecule has 1 aliphatic carbocycles. The zero-order chi connectivity index (χ0) is 11.0. The number of rotatable bonds is 0. The Morgan fingerprint density at radius 1 is 1.19 bits per heavy atom. The third-order valence-corrected chi connectivity index (χ3v) is 3.73. The van der Waals surface area contributed by atoms with Gasteiger partial charge >= 0.3 is 0 Å². The molecule has 2 aliphatic rings. The lowest BCUT2D eigenvalue weighted by Crippen LogP contribution is -2.32. The van der Waals surface area contributed by atoms with E-state index < -0.39 is 11.0 Å². The van der Waals surface area contributed by atoms with Crippen LogP contribution < -0.4 is 15.2 Å². The summed E-state index contributed by atoms with van der Waals surface area (Å²) in [6.45, 7) is 0. The average molecular weight is 229 g/mol. The highest BCUT2D eigenvalue weighted by Gasteiger charge is 2.16. The average Bonchev–Trinajstić information content (AvgIpc) is 2.44. The minimum atomic E-state index is -1.12. The Balaban J connectivity index is 2.42. The summed E-state index contributed by atoms with van der Waals surface area (Å²) in [5.41, 5.74) is 1.18. The van der Waals surface area contributed by atoms with Crippen molar-refractivity contribution < 1.29 is 4.21 Å². The molecule has 0 fully saturated rings. The van der Waals surface area contributed by atoms with Crippen molar-refractivity contribution in [1.82, 2.24) is 4.72 Å². The first kappa shape index (κ1) is 9.75. The van der Waals surface area contributed by atoms with Crippen molar-refractivity contribution in [1.29, 1.82) is 0 Å². The van der Waals surface area contributed by atoms with Gasteiger partial charge < -0.3 is 0 Å². The Labute approximate surface area is 96.3 Å². The third kappa shape index (κ3) is 1.58. The van der Waals surface area contributed by atoms with Crippen LogP contribution in [0.25, 0.3) is 11.0 Å². The summed E-state index contributed by atoms with van der Waals surface area (Å²) in [4.78, 5) is 0. The molecular weight excluding hydrogens is 218 g/mol. The topological polar surface area (TPSA) is 29.1 Å². The molecule has 0 spiro atoms. The van der Waals surface area contributed by atoms with Crippen LogP contribution in [0.1, 0.15) is 0 Å². The smallest absolute Gasteiger partial charge is 0.118 e. The Kier molecular flexibility index (Phi) is 2.35. The van der Waals surface area contributed by atoms with Crippen molar-refractivity contribution >= 4 is 22.0 Å². The molecule has 2 atom stereocenters. The fourth-order valence-corrected chi connectivity index (χ4v) is 3.00. The number of hydrogen-bond acceptors (Lipinski definition) is 1. The Morgan fingerprint density at radius 2 is 2.06 bits per heavy atom. The van der Waals surface area contributed by atoms with Crippen LogP contribution in [0.4, 0.5) is 0 Å². The maximum atomic E-state index is 11.8. The third-order valence-electron chi connectivity index (χ3n) is 2.77. The van der Waals surface area contributed by atoms with E-state index in [1.165, 1.54) is 5.57 Å². The molecule has 16 heavy (non-hydrogen) atoms. The number of allylic oxidation sites excluding steroid dienone is 2. The van der Waals surface area contributed by atoms with Crippen LogP contribution in [0.2, 0.25) is 0 Å². The Bertz CT molecular complexity index is 628. The summed E-state index contributed by atoms with van der Waals surface area (Å²) < 4.78 is 14.8. The van der Waals surface area contributed by atoms with Gasteiger partial charge in [0.15, 0.2) is 0 Å². The van der Waals surface area contributed by atoms with Crippen LogP contribution in [-0.4, -0.2) is 10.3 Å². The normalized spacial score (nSPS) is 26.6. The number of nitrogens with one attached hydrogen (secondary N) is 1.